The zero-order valence-corrected chi connectivity index (χ0v) is 17.5. The number of benzene rings is 1. The minimum absolute atomic E-state index is 0.246. The Labute approximate surface area is 174 Å². The standard InChI is InChI=1S/C23H27FN4O2/c1-15-9-16(2)28(26-15)12-19(29)11-27(13-20-5-4-8-30-20)14-23-17(3)21-10-18(24)6-7-22(21)25-23/h4-10,19,25,29H,11-14H2,1-3H3. The summed E-state index contributed by atoms with van der Waals surface area (Å²) in [6, 6.07) is 10.6. The van der Waals surface area contributed by atoms with E-state index in [1.54, 1.807) is 18.4 Å². The molecule has 4 rings (SSSR count). The second-order valence-electron chi connectivity index (χ2n) is 7.93. The van der Waals surface area contributed by atoms with Gasteiger partial charge in [0.2, 0.25) is 0 Å². The van der Waals surface area contributed by atoms with Crippen LogP contribution >= 0.6 is 0 Å². The zero-order chi connectivity index (χ0) is 21.3. The molecule has 7 heteroatoms. The summed E-state index contributed by atoms with van der Waals surface area (Å²) in [7, 11) is 0. The first kappa shape index (κ1) is 20.4. The molecule has 0 saturated heterocycles. The number of rotatable bonds is 8. The Balaban J connectivity index is 1.54. The fraction of sp³-hybridized carbons (Fsp3) is 0.348. The SMILES string of the molecule is Cc1cc(C)n(CC(O)CN(Cc2ccco2)Cc2[nH]c3ccc(F)cc3c2C)n1. The largest absolute Gasteiger partial charge is 0.468 e. The number of aromatic nitrogens is 3. The van der Waals surface area contributed by atoms with Crippen molar-refractivity contribution < 1.29 is 13.9 Å². The maximum Gasteiger partial charge on any atom is 0.123 e. The number of aliphatic hydroxyl groups excluding tert-OH is 1. The van der Waals surface area contributed by atoms with Gasteiger partial charge in [-0.25, -0.2) is 4.39 Å². The van der Waals surface area contributed by atoms with Crippen LogP contribution in [0.5, 0.6) is 0 Å². The van der Waals surface area contributed by atoms with Crippen LogP contribution in [0, 0.1) is 26.6 Å². The van der Waals surface area contributed by atoms with Gasteiger partial charge >= 0.3 is 0 Å². The van der Waals surface area contributed by atoms with Crippen molar-refractivity contribution in [1.29, 1.82) is 0 Å². The van der Waals surface area contributed by atoms with Crippen molar-refractivity contribution in [3.05, 3.63) is 76.9 Å². The molecule has 0 aliphatic heterocycles. The van der Waals surface area contributed by atoms with E-state index in [0.717, 1.165) is 39.3 Å². The van der Waals surface area contributed by atoms with Crippen LogP contribution in [0.1, 0.15) is 28.4 Å². The van der Waals surface area contributed by atoms with Gasteiger partial charge in [-0.05, 0) is 62.7 Å². The van der Waals surface area contributed by atoms with Gasteiger partial charge in [0.15, 0.2) is 0 Å². The van der Waals surface area contributed by atoms with Crippen LogP contribution in [-0.2, 0) is 19.6 Å². The summed E-state index contributed by atoms with van der Waals surface area (Å²) < 4.78 is 21.0. The Hall–Kier alpha value is -2.90. The predicted molar refractivity (Wildman–Crippen MR) is 114 cm³/mol. The van der Waals surface area contributed by atoms with Gasteiger partial charge in [-0.1, -0.05) is 0 Å². The Morgan fingerprint density at radius 2 is 2.03 bits per heavy atom. The van der Waals surface area contributed by atoms with Crippen molar-refractivity contribution in [3.8, 4) is 0 Å². The van der Waals surface area contributed by atoms with Gasteiger partial charge in [0.1, 0.15) is 11.6 Å². The lowest BCUT2D eigenvalue weighted by Crippen LogP contribution is -2.34. The molecule has 1 atom stereocenters. The summed E-state index contributed by atoms with van der Waals surface area (Å²) in [6.45, 7) is 7.93. The number of aromatic amines is 1. The third-order valence-electron chi connectivity index (χ3n) is 5.42. The molecule has 3 heterocycles. The molecule has 3 aromatic heterocycles. The summed E-state index contributed by atoms with van der Waals surface area (Å²) in [4.78, 5) is 5.53. The molecule has 0 spiro atoms. The summed E-state index contributed by atoms with van der Waals surface area (Å²) in [6.07, 6.45) is 1.05. The van der Waals surface area contributed by atoms with E-state index in [1.807, 2.05) is 43.7 Å². The van der Waals surface area contributed by atoms with Crippen LogP contribution in [0.3, 0.4) is 0 Å². The van der Waals surface area contributed by atoms with Crippen molar-refractivity contribution in [2.75, 3.05) is 6.54 Å². The Kier molecular flexibility index (Phi) is 5.74. The highest BCUT2D eigenvalue weighted by atomic mass is 19.1. The maximum atomic E-state index is 13.7. The monoisotopic (exact) mass is 410 g/mol. The molecule has 158 valence electrons. The van der Waals surface area contributed by atoms with Crippen molar-refractivity contribution in [1.82, 2.24) is 19.7 Å². The molecule has 0 fully saturated rings. The van der Waals surface area contributed by atoms with Crippen molar-refractivity contribution in [2.24, 2.45) is 0 Å². The fourth-order valence-electron chi connectivity index (χ4n) is 3.96. The highest BCUT2D eigenvalue weighted by Gasteiger charge is 2.18. The van der Waals surface area contributed by atoms with Gasteiger partial charge < -0.3 is 14.5 Å². The topological polar surface area (TPSA) is 70.2 Å². The molecule has 2 N–H and O–H groups in total. The number of nitrogens with one attached hydrogen (secondary N) is 1. The lowest BCUT2D eigenvalue weighted by Gasteiger charge is -2.24. The first-order valence-electron chi connectivity index (χ1n) is 10.1. The van der Waals surface area contributed by atoms with Gasteiger partial charge in [0.05, 0.1) is 31.2 Å². The van der Waals surface area contributed by atoms with E-state index in [1.165, 1.54) is 6.07 Å². The normalized spacial score (nSPS) is 12.9. The Morgan fingerprint density at radius 1 is 1.20 bits per heavy atom. The molecule has 6 nitrogen and oxygen atoms in total. The average Bonchev–Trinajstić information content (AvgIpc) is 3.37. The summed E-state index contributed by atoms with van der Waals surface area (Å²) in [5.41, 5.74) is 4.89. The minimum Gasteiger partial charge on any atom is -0.468 e. The molecule has 0 bridgehead atoms. The maximum absolute atomic E-state index is 13.7. The Bertz CT molecular complexity index is 1130. The molecule has 1 aromatic carbocycles. The van der Waals surface area contributed by atoms with E-state index < -0.39 is 6.10 Å². The van der Waals surface area contributed by atoms with Crippen LogP contribution in [0.25, 0.3) is 10.9 Å². The summed E-state index contributed by atoms with van der Waals surface area (Å²) in [5.74, 6) is 0.581. The average molecular weight is 410 g/mol. The van der Waals surface area contributed by atoms with E-state index >= 15 is 0 Å². The molecule has 1 unspecified atom stereocenters. The van der Waals surface area contributed by atoms with Gasteiger partial charge in [-0.3, -0.25) is 9.58 Å². The zero-order valence-electron chi connectivity index (χ0n) is 17.5. The van der Waals surface area contributed by atoms with Gasteiger partial charge in [0, 0.05) is 35.4 Å². The van der Waals surface area contributed by atoms with Crippen LogP contribution in [0.4, 0.5) is 4.39 Å². The third-order valence-corrected chi connectivity index (χ3v) is 5.42. The summed E-state index contributed by atoms with van der Waals surface area (Å²) >= 11 is 0. The highest BCUT2D eigenvalue weighted by molar-refractivity contribution is 5.84. The molecular formula is C23H27FN4O2. The van der Waals surface area contributed by atoms with Gasteiger partial charge in [0.25, 0.3) is 0 Å². The molecule has 0 saturated carbocycles. The van der Waals surface area contributed by atoms with Crippen LogP contribution in [0.15, 0.2) is 47.1 Å². The highest BCUT2D eigenvalue weighted by Crippen LogP contribution is 2.24. The van der Waals surface area contributed by atoms with Crippen molar-refractivity contribution in [3.63, 3.8) is 0 Å². The number of nitrogens with zero attached hydrogens (tertiary/aromatic N) is 3. The van der Waals surface area contributed by atoms with E-state index in [-0.39, 0.29) is 5.82 Å². The molecule has 30 heavy (non-hydrogen) atoms. The number of halogens is 1. The van der Waals surface area contributed by atoms with E-state index in [0.29, 0.717) is 26.2 Å². The number of furan rings is 1. The summed E-state index contributed by atoms with van der Waals surface area (Å²) in [5, 5.41) is 16.1. The van der Waals surface area contributed by atoms with E-state index in [2.05, 4.69) is 15.0 Å². The predicted octanol–water partition coefficient (Wildman–Crippen LogP) is 4.09. The number of aliphatic hydroxyl groups is 1. The number of H-pyrrole nitrogens is 1. The lowest BCUT2D eigenvalue weighted by molar-refractivity contribution is 0.0833. The minimum atomic E-state index is -0.597. The second-order valence-corrected chi connectivity index (χ2v) is 7.93. The number of fused-ring (bicyclic) bond motifs is 1. The third kappa shape index (κ3) is 4.47. The van der Waals surface area contributed by atoms with Crippen LogP contribution in [0.2, 0.25) is 0 Å². The first-order chi connectivity index (χ1) is 14.4. The Morgan fingerprint density at radius 3 is 2.73 bits per heavy atom. The van der Waals surface area contributed by atoms with E-state index in [9.17, 15) is 9.50 Å². The fourth-order valence-corrected chi connectivity index (χ4v) is 3.96. The number of aryl methyl sites for hydroxylation is 3. The van der Waals surface area contributed by atoms with Crippen molar-refractivity contribution in [2.45, 2.75) is 46.5 Å². The number of hydrogen-bond donors (Lipinski definition) is 2. The molecular weight excluding hydrogens is 383 g/mol. The van der Waals surface area contributed by atoms with Gasteiger partial charge in [-0.15, -0.1) is 0 Å². The number of hydrogen-bond acceptors (Lipinski definition) is 4. The second kappa shape index (κ2) is 8.45. The van der Waals surface area contributed by atoms with E-state index in [4.69, 9.17) is 4.42 Å². The van der Waals surface area contributed by atoms with Crippen molar-refractivity contribution >= 4 is 10.9 Å². The van der Waals surface area contributed by atoms with Crippen LogP contribution in [-0.4, -0.2) is 37.4 Å². The quantitative estimate of drug-likeness (QED) is 0.459. The smallest absolute Gasteiger partial charge is 0.123 e. The molecule has 4 aromatic rings. The van der Waals surface area contributed by atoms with Crippen LogP contribution < -0.4 is 0 Å². The first-order valence-corrected chi connectivity index (χ1v) is 10.1. The molecule has 0 aliphatic rings. The molecule has 0 amide bonds. The molecule has 0 radical (unpaired) electrons. The van der Waals surface area contributed by atoms with Gasteiger partial charge in [-0.2, -0.15) is 5.10 Å². The molecule has 0 aliphatic carbocycles. The lowest BCUT2D eigenvalue weighted by atomic mass is 10.1.